The third-order valence-corrected chi connectivity index (χ3v) is 3.32. The summed E-state index contributed by atoms with van der Waals surface area (Å²) in [6, 6.07) is 16.1. The van der Waals surface area contributed by atoms with Crippen molar-refractivity contribution >= 4 is 5.69 Å². The normalized spacial score (nSPS) is 10.5. The molecule has 0 aliphatic rings. The number of rotatable bonds is 7. The van der Waals surface area contributed by atoms with Gasteiger partial charge in [-0.2, -0.15) is 0 Å². The van der Waals surface area contributed by atoms with Crippen LogP contribution in [0, 0.1) is 0 Å². The van der Waals surface area contributed by atoms with Crippen LogP contribution in [-0.4, -0.2) is 20.3 Å². The Kier molecular flexibility index (Phi) is 5.50. The van der Waals surface area contributed by atoms with Crippen LogP contribution in [0.4, 0.5) is 5.69 Å². The molecule has 2 aromatic rings. The average molecular weight is 285 g/mol. The second-order valence-electron chi connectivity index (χ2n) is 5.17. The van der Waals surface area contributed by atoms with Gasteiger partial charge in [0.15, 0.2) is 0 Å². The zero-order valence-electron chi connectivity index (χ0n) is 12.9. The highest BCUT2D eigenvalue weighted by Gasteiger charge is 2.06. The molecule has 0 aliphatic heterocycles. The lowest BCUT2D eigenvalue weighted by Gasteiger charge is -2.15. The molecule has 0 unspecified atom stereocenters. The summed E-state index contributed by atoms with van der Waals surface area (Å²) in [6.07, 6.45) is 0. The number of ether oxygens (including phenoxy) is 2. The summed E-state index contributed by atoms with van der Waals surface area (Å²) in [5.74, 6) is 2.28. The molecule has 0 saturated carbocycles. The monoisotopic (exact) mass is 285 g/mol. The fourth-order valence-corrected chi connectivity index (χ4v) is 2.23. The van der Waals surface area contributed by atoms with Crippen LogP contribution in [0.3, 0.4) is 0 Å². The Labute approximate surface area is 126 Å². The molecule has 1 N–H and O–H groups in total. The summed E-state index contributed by atoms with van der Waals surface area (Å²) >= 11 is 0. The first-order valence-electron chi connectivity index (χ1n) is 7.31. The van der Waals surface area contributed by atoms with Crippen molar-refractivity contribution in [2.75, 3.05) is 25.6 Å². The Bertz CT molecular complexity index is 567. The van der Waals surface area contributed by atoms with Gasteiger partial charge in [-0.3, -0.25) is 0 Å². The third kappa shape index (κ3) is 4.15. The minimum atomic E-state index is 0.461. The highest BCUT2D eigenvalue weighted by atomic mass is 16.5. The zero-order valence-corrected chi connectivity index (χ0v) is 12.9. The zero-order chi connectivity index (χ0) is 15.1. The lowest BCUT2D eigenvalue weighted by Crippen LogP contribution is -2.13. The van der Waals surface area contributed by atoms with E-state index in [0.717, 1.165) is 23.7 Å². The molecule has 2 aromatic carbocycles. The molecule has 0 radical (unpaired) electrons. The van der Waals surface area contributed by atoms with Gasteiger partial charge in [0.25, 0.3) is 0 Å². The van der Waals surface area contributed by atoms with Gasteiger partial charge in [-0.15, -0.1) is 0 Å². The van der Waals surface area contributed by atoms with E-state index in [1.54, 1.807) is 7.11 Å². The second-order valence-corrected chi connectivity index (χ2v) is 5.17. The van der Waals surface area contributed by atoms with Crippen LogP contribution in [0.5, 0.6) is 11.5 Å². The number of nitrogens with one attached hydrogen (secondary N) is 1. The van der Waals surface area contributed by atoms with Crippen molar-refractivity contribution in [3.8, 4) is 11.5 Å². The number of methoxy groups -OCH3 is 1. The Morgan fingerprint density at radius 1 is 0.952 bits per heavy atom. The van der Waals surface area contributed by atoms with Crippen molar-refractivity contribution in [3.63, 3.8) is 0 Å². The van der Waals surface area contributed by atoms with Crippen LogP contribution >= 0.6 is 0 Å². The molecule has 0 fully saturated rings. The van der Waals surface area contributed by atoms with Crippen LogP contribution in [-0.2, 0) is 0 Å². The van der Waals surface area contributed by atoms with Crippen molar-refractivity contribution in [1.82, 2.24) is 0 Å². The molecule has 0 spiro atoms. The van der Waals surface area contributed by atoms with Gasteiger partial charge in [0.2, 0.25) is 0 Å². The predicted molar refractivity (Wildman–Crippen MR) is 87.5 cm³/mol. The van der Waals surface area contributed by atoms with Crippen LogP contribution in [0.2, 0.25) is 0 Å². The highest BCUT2D eigenvalue weighted by Crippen LogP contribution is 2.26. The van der Waals surface area contributed by atoms with E-state index in [0.29, 0.717) is 12.5 Å². The fraction of sp³-hybridized carbons (Fsp3) is 0.333. The molecule has 112 valence electrons. The third-order valence-electron chi connectivity index (χ3n) is 3.32. The van der Waals surface area contributed by atoms with Crippen molar-refractivity contribution in [2.45, 2.75) is 19.8 Å². The fourth-order valence-electron chi connectivity index (χ4n) is 2.23. The Balaban J connectivity index is 1.88. The minimum Gasteiger partial charge on any atom is -0.495 e. The molecule has 0 amide bonds. The first-order valence-corrected chi connectivity index (χ1v) is 7.31. The van der Waals surface area contributed by atoms with E-state index in [-0.39, 0.29) is 0 Å². The van der Waals surface area contributed by atoms with Gasteiger partial charge in [-0.1, -0.05) is 44.2 Å². The molecule has 0 aromatic heterocycles. The summed E-state index contributed by atoms with van der Waals surface area (Å²) in [7, 11) is 1.68. The molecular formula is C18H23NO2. The number of anilines is 1. The maximum absolute atomic E-state index is 5.89. The molecule has 0 atom stereocenters. The van der Waals surface area contributed by atoms with Crippen LogP contribution in [0.25, 0.3) is 0 Å². The van der Waals surface area contributed by atoms with Crippen molar-refractivity contribution in [1.29, 1.82) is 0 Å². The van der Waals surface area contributed by atoms with E-state index in [1.165, 1.54) is 5.56 Å². The van der Waals surface area contributed by atoms with Gasteiger partial charge in [-0.05, 0) is 29.7 Å². The minimum absolute atomic E-state index is 0.461. The lowest BCUT2D eigenvalue weighted by molar-refractivity contribution is 0.327. The first-order chi connectivity index (χ1) is 10.2. The summed E-state index contributed by atoms with van der Waals surface area (Å²) < 4.78 is 11.2. The molecule has 0 saturated heterocycles. The molecule has 0 bridgehead atoms. The van der Waals surface area contributed by atoms with Gasteiger partial charge in [-0.25, -0.2) is 0 Å². The maximum Gasteiger partial charge on any atom is 0.141 e. The van der Waals surface area contributed by atoms with E-state index in [2.05, 4.69) is 31.3 Å². The number of para-hydroxylation sites is 3. The molecular weight excluding hydrogens is 262 g/mol. The topological polar surface area (TPSA) is 30.5 Å². The van der Waals surface area contributed by atoms with E-state index < -0.39 is 0 Å². The van der Waals surface area contributed by atoms with Gasteiger partial charge in [0.1, 0.15) is 18.1 Å². The highest BCUT2D eigenvalue weighted by molar-refractivity contribution is 5.56. The Hall–Kier alpha value is -2.16. The van der Waals surface area contributed by atoms with Crippen molar-refractivity contribution in [3.05, 3.63) is 54.1 Å². The van der Waals surface area contributed by atoms with Crippen molar-refractivity contribution < 1.29 is 9.47 Å². The first kappa shape index (κ1) is 15.2. The van der Waals surface area contributed by atoms with Gasteiger partial charge < -0.3 is 14.8 Å². The van der Waals surface area contributed by atoms with Gasteiger partial charge in [0.05, 0.1) is 12.8 Å². The van der Waals surface area contributed by atoms with Gasteiger partial charge >= 0.3 is 0 Å². The molecule has 3 nitrogen and oxygen atoms in total. The Morgan fingerprint density at radius 3 is 2.33 bits per heavy atom. The molecule has 0 aliphatic carbocycles. The quantitative estimate of drug-likeness (QED) is 0.769. The summed E-state index contributed by atoms with van der Waals surface area (Å²) in [6.45, 7) is 5.69. The van der Waals surface area contributed by atoms with E-state index in [4.69, 9.17) is 9.47 Å². The molecule has 2 rings (SSSR count). The summed E-state index contributed by atoms with van der Waals surface area (Å²) in [5, 5.41) is 3.33. The van der Waals surface area contributed by atoms with Crippen LogP contribution < -0.4 is 14.8 Å². The molecule has 0 heterocycles. The largest absolute Gasteiger partial charge is 0.495 e. The number of hydrogen-bond acceptors (Lipinski definition) is 3. The summed E-state index contributed by atoms with van der Waals surface area (Å²) in [4.78, 5) is 0. The van der Waals surface area contributed by atoms with Crippen molar-refractivity contribution in [2.24, 2.45) is 0 Å². The Morgan fingerprint density at radius 2 is 1.62 bits per heavy atom. The van der Waals surface area contributed by atoms with Crippen LogP contribution in [0.1, 0.15) is 25.3 Å². The van der Waals surface area contributed by atoms with E-state index in [9.17, 15) is 0 Å². The predicted octanol–water partition coefficient (Wildman–Crippen LogP) is 4.31. The average Bonchev–Trinajstić information content (AvgIpc) is 2.52. The number of benzene rings is 2. The maximum atomic E-state index is 5.89. The lowest BCUT2D eigenvalue weighted by atomic mass is 10.0. The smallest absolute Gasteiger partial charge is 0.141 e. The van der Waals surface area contributed by atoms with E-state index >= 15 is 0 Å². The second kappa shape index (κ2) is 7.58. The summed E-state index contributed by atoms with van der Waals surface area (Å²) in [5.41, 5.74) is 2.23. The van der Waals surface area contributed by atoms with E-state index in [1.807, 2.05) is 36.4 Å². The molecule has 3 heteroatoms. The SMILES string of the molecule is COc1ccccc1NCCOc1ccccc1C(C)C. The number of hydrogen-bond donors (Lipinski definition) is 1. The molecule has 21 heavy (non-hydrogen) atoms. The van der Waals surface area contributed by atoms with Crippen LogP contribution in [0.15, 0.2) is 48.5 Å². The standard InChI is InChI=1S/C18H23NO2/c1-14(2)15-8-4-6-10-17(15)21-13-12-19-16-9-5-7-11-18(16)20-3/h4-11,14,19H,12-13H2,1-3H3. The van der Waals surface area contributed by atoms with Gasteiger partial charge in [0, 0.05) is 6.54 Å².